The number of anilines is 1. The second kappa shape index (κ2) is 9.13. The number of likely N-dealkylation sites (tertiary alicyclic amines) is 1. The second-order valence-corrected chi connectivity index (χ2v) is 10.8. The molecule has 4 aromatic rings. The number of hydrogen-bond donors (Lipinski definition) is 2. The Kier molecular flexibility index (Phi) is 5.70. The molecule has 7 rings (SSSR count). The Morgan fingerprint density at radius 1 is 1.03 bits per heavy atom. The van der Waals surface area contributed by atoms with Crippen LogP contribution in [0.15, 0.2) is 30.5 Å². The van der Waals surface area contributed by atoms with E-state index in [4.69, 9.17) is 9.72 Å². The van der Waals surface area contributed by atoms with E-state index in [1.165, 1.54) is 24.4 Å². The van der Waals surface area contributed by atoms with Gasteiger partial charge in [-0.3, -0.25) is 0 Å². The Bertz CT molecular complexity index is 1530. The van der Waals surface area contributed by atoms with Gasteiger partial charge in [-0.05, 0) is 63.5 Å². The fraction of sp³-hybridized carbons (Fsp3) is 0.429. The lowest BCUT2D eigenvalue weighted by Gasteiger charge is -2.34. The molecule has 2 aromatic carbocycles. The zero-order valence-electron chi connectivity index (χ0n) is 21.1. The lowest BCUT2D eigenvalue weighted by Crippen LogP contribution is -2.51. The van der Waals surface area contributed by atoms with Gasteiger partial charge in [-0.2, -0.15) is 9.97 Å². The minimum absolute atomic E-state index is 0.00203. The van der Waals surface area contributed by atoms with Crippen LogP contribution in [0.5, 0.6) is 6.01 Å². The standard InChI is InChI=1S/C28H29F3N6O/c1-36-8-2-3-18(36)14-38-28-34-26-20(27(35-28)37-12-16-5-6-17(13-37)33-16)10-22(30)24(25(26)31)21-11-32-23-7-4-15(29)9-19(21)23/h4,7,9-11,16-18,32-33H,2-3,5-6,8,12-14H2,1H3/t16-,17+,18-/m0/s1. The Balaban J connectivity index is 1.37. The van der Waals surface area contributed by atoms with Crippen molar-refractivity contribution in [1.82, 2.24) is 25.2 Å². The van der Waals surface area contributed by atoms with Crippen molar-refractivity contribution in [3.05, 3.63) is 47.9 Å². The number of nitrogens with zero attached hydrogens (tertiary/aromatic N) is 4. The third-order valence-corrected chi connectivity index (χ3v) is 8.35. The minimum atomic E-state index is -0.810. The molecule has 0 unspecified atom stereocenters. The van der Waals surface area contributed by atoms with Crippen LogP contribution in [-0.2, 0) is 0 Å². The smallest absolute Gasteiger partial charge is 0.319 e. The van der Waals surface area contributed by atoms with E-state index in [0.717, 1.165) is 32.2 Å². The molecule has 198 valence electrons. The molecule has 2 bridgehead atoms. The molecular formula is C28H29F3N6O. The Labute approximate surface area is 218 Å². The zero-order valence-corrected chi connectivity index (χ0v) is 21.1. The van der Waals surface area contributed by atoms with Crippen LogP contribution in [0, 0.1) is 17.5 Å². The van der Waals surface area contributed by atoms with Gasteiger partial charge >= 0.3 is 6.01 Å². The van der Waals surface area contributed by atoms with Gasteiger partial charge in [0.1, 0.15) is 29.6 Å². The van der Waals surface area contributed by atoms with Crippen LogP contribution in [0.3, 0.4) is 0 Å². The van der Waals surface area contributed by atoms with Gasteiger partial charge in [0.2, 0.25) is 0 Å². The third-order valence-electron chi connectivity index (χ3n) is 8.35. The predicted octanol–water partition coefficient (Wildman–Crippen LogP) is 4.61. The van der Waals surface area contributed by atoms with Crippen molar-refractivity contribution >= 4 is 27.6 Å². The van der Waals surface area contributed by atoms with E-state index < -0.39 is 17.5 Å². The monoisotopic (exact) mass is 522 g/mol. The molecule has 0 spiro atoms. The summed E-state index contributed by atoms with van der Waals surface area (Å²) in [7, 11) is 2.06. The second-order valence-electron chi connectivity index (χ2n) is 10.8. The molecule has 38 heavy (non-hydrogen) atoms. The average Bonchev–Trinajstić information content (AvgIpc) is 3.60. The topological polar surface area (TPSA) is 69.3 Å². The summed E-state index contributed by atoms with van der Waals surface area (Å²) in [4.78, 5) is 16.5. The van der Waals surface area contributed by atoms with E-state index in [-0.39, 0.29) is 28.7 Å². The molecule has 0 amide bonds. The van der Waals surface area contributed by atoms with Gasteiger partial charge in [-0.15, -0.1) is 0 Å². The van der Waals surface area contributed by atoms with E-state index in [0.29, 0.717) is 53.9 Å². The lowest BCUT2D eigenvalue weighted by atomic mass is 10.0. The maximum atomic E-state index is 16.3. The summed E-state index contributed by atoms with van der Waals surface area (Å²) < 4.78 is 52.1. The van der Waals surface area contributed by atoms with E-state index in [9.17, 15) is 4.39 Å². The summed E-state index contributed by atoms with van der Waals surface area (Å²) in [6, 6.07) is 6.38. The van der Waals surface area contributed by atoms with Crippen molar-refractivity contribution < 1.29 is 17.9 Å². The first-order chi connectivity index (χ1) is 18.4. The number of aromatic nitrogens is 3. The highest BCUT2D eigenvalue weighted by molar-refractivity contribution is 6.00. The maximum absolute atomic E-state index is 16.3. The molecule has 5 heterocycles. The molecule has 7 nitrogen and oxygen atoms in total. The van der Waals surface area contributed by atoms with Crippen LogP contribution in [-0.4, -0.2) is 71.3 Å². The van der Waals surface area contributed by atoms with Gasteiger partial charge in [0, 0.05) is 59.3 Å². The number of fused-ring (bicyclic) bond motifs is 4. The summed E-state index contributed by atoms with van der Waals surface area (Å²) in [6.45, 7) is 2.79. The summed E-state index contributed by atoms with van der Waals surface area (Å²) in [5, 5.41) is 4.29. The van der Waals surface area contributed by atoms with Gasteiger partial charge < -0.3 is 24.8 Å². The number of piperazine rings is 1. The van der Waals surface area contributed by atoms with Crippen LogP contribution in [0.1, 0.15) is 25.7 Å². The Morgan fingerprint density at radius 2 is 1.84 bits per heavy atom. The predicted molar refractivity (Wildman–Crippen MR) is 140 cm³/mol. The molecule has 3 fully saturated rings. The van der Waals surface area contributed by atoms with Crippen molar-refractivity contribution in [1.29, 1.82) is 0 Å². The molecule has 3 atom stereocenters. The molecule has 2 N–H and O–H groups in total. The van der Waals surface area contributed by atoms with Crippen molar-refractivity contribution in [2.75, 3.05) is 38.2 Å². The van der Waals surface area contributed by atoms with E-state index in [1.54, 1.807) is 6.07 Å². The molecule has 0 aliphatic carbocycles. The van der Waals surface area contributed by atoms with Crippen molar-refractivity contribution in [2.45, 2.75) is 43.8 Å². The fourth-order valence-electron chi connectivity index (χ4n) is 6.34. The number of halogens is 3. The van der Waals surface area contributed by atoms with Crippen molar-refractivity contribution in [2.24, 2.45) is 0 Å². The summed E-state index contributed by atoms with van der Waals surface area (Å²) in [5.74, 6) is -1.55. The van der Waals surface area contributed by atoms with Crippen LogP contribution in [0.4, 0.5) is 19.0 Å². The molecule has 10 heteroatoms. The molecule has 3 saturated heterocycles. The number of benzene rings is 2. The average molecular weight is 523 g/mol. The minimum Gasteiger partial charge on any atom is -0.462 e. The quantitative estimate of drug-likeness (QED) is 0.399. The number of nitrogens with one attached hydrogen (secondary N) is 2. The first kappa shape index (κ1) is 23.7. The number of ether oxygens (including phenoxy) is 1. The summed E-state index contributed by atoms with van der Waals surface area (Å²) in [5.41, 5.74) is 0.579. The molecule has 3 aliphatic rings. The highest BCUT2D eigenvalue weighted by Crippen LogP contribution is 2.39. The Morgan fingerprint density at radius 3 is 2.61 bits per heavy atom. The van der Waals surface area contributed by atoms with Crippen LogP contribution in [0.25, 0.3) is 32.9 Å². The number of H-pyrrole nitrogens is 1. The Hall–Kier alpha value is -3.37. The van der Waals surface area contributed by atoms with E-state index in [1.807, 2.05) is 0 Å². The molecule has 0 radical (unpaired) electrons. The number of likely N-dealkylation sites (N-methyl/N-ethyl adjacent to an activating group) is 1. The van der Waals surface area contributed by atoms with Crippen molar-refractivity contribution in [3.63, 3.8) is 0 Å². The van der Waals surface area contributed by atoms with Gasteiger partial charge in [-0.25, -0.2) is 13.2 Å². The van der Waals surface area contributed by atoms with E-state index in [2.05, 4.69) is 32.1 Å². The van der Waals surface area contributed by atoms with Crippen LogP contribution >= 0.6 is 0 Å². The van der Waals surface area contributed by atoms with Gasteiger partial charge in [-0.1, -0.05) is 0 Å². The first-order valence-corrected chi connectivity index (χ1v) is 13.3. The van der Waals surface area contributed by atoms with Crippen LogP contribution in [0.2, 0.25) is 0 Å². The van der Waals surface area contributed by atoms with Gasteiger partial charge in [0.15, 0.2) is 5.82 Å². The highest BCUT2D eigenvalue weighted by Gasteiger charge is 2.34. The first-order valence-electron chi connectivity index (χ1n) is 13.3. The maximum Gasteiger partial charge on any atom is 0.319 e. The molecular weight excluding hydrogens is 493 g/mol. The van der Waals surface area contributed by atoms with Gasteiger partial charge in [0.25, 0.3) is 0 Å². The SMILES string of the molecule is CN1CCC[C@H]1COc1nc(N2C[C@H]3CC[C@@H](C2)N3)c2cc(F)c(-c3c[nH]c4ccc(F)cc34)c(F)c2n1. The highest BCUT2D eigenvalue weighted by atomic mass is 19.1. The normalized spacial score (nSPS) is 23.7. The largest absolute Gasteiger partial charge is 0.462 e. The van der Waals surface area contributed by atoms with Gasteiger partial charge in [0.05, 0.1) is 5.56 Å². The van der Waals surface area contributed by atoms with Crippen molar-refractivity contribution in [3.8, 4) is 17.1 Å². The molecule has 0 saturated carbocycles. The number of aromatic amines is 1. The zero-order chi connectivity index (χ0) is 26.0. The lowest BCUT2D eigenvalue weighted by molar-refractivity contribution is 0.188. The van der Waals surface area contributed by atoms with Crippen LogP contribution < -0.4 is 15.0 Å². The number of rotatable bonds is 5. The third kappa shape index (κ3) is 3.97. The molecule has 3 aliphatic heterocycles. The molecule has 2 aromatic heterocycles. The summed E-state index contributed by atoms with van der Waals surface area (Å²) in [6.07, 6.45) is 5.73. The van der Waals surface area contributed by atoms with E-state index >= 15 is 8.78 Å². The fourth-order valence-corrected chi connectivity index (χ4v) is 6.34. The number of hydrogen-bond acceptors (Lipinski definition) is 6. The summed E-state index contributed by atoms with van der Waals surface area (Å²) >= 11 is 0.